The molecule has 1 amide bonds. The quantitative estimate of drug-likeness (QED) is 0.284. The van der Waals surface area contributed by atoms with Gasteiger partial charge < -0.3 is 41.1 Å². The van der Waals surface area contributed by atoms with Gasteiger partial charge in [-0.15, -0.1) is 0 Å². The summed E-state index contributed by atoms with van der Waals surface area (Å²) in [6.45, 7) is 9.06. The van der Waals surface area contributed by atoms with E-state index in [1.807, 2.05) is 44.2 Å². The maximum atomic E-state index is 11.6. The number of aliphatic carboxylic acids is 2. The lowest BCUT2D eigenvalue weighted by Gasteiger charge is -2.22. The maximum Gasteiger partial charge on any atom is 0.631 e. The second-order valence-electron chi connectivity index (χ2n) is 8.15. The van der Waals surface area contributed by atoms with E-state index in [-0.39, 0.29) is 6.42 Å². The van der Waals surface area contributed by atoms with E-state index in [0.29, 0.717) is 12.3 Å². The fourth-order valence-electron chi connectivity index (χ4n) is 2.11. The Hall–Kier alpha value is -2.67. The monoisotopic (exact) mass is 458 g/mol. The lowest BCUT2D eigenvalue weighted by molar-refractivity contribution is -0.140. The fourth-order valence-corrected chi connectivity index (χ4v) is 2.11. The van der Waals surface area contributed by atoms with Crippen molar-refractivity contribution in [1.29, 1.82) is 0 Å². The van der Waals surface area contributed by atoms with Crippen LogP contribution in [0.2, 0.25) is 0 Å². The van der Waals surface area contributed by atoms with Crippen molar-refractivity contribution in [2.24, 2.45) is 11.7 Å². The maximum absolute atomic E-state index is 11.6. The van der Waals surface area contributed by atoms with Gasteiger partial charge in [-0.3, -0.25) is 4.79 Å². The Morgan fingerprint density at radius 3 is 1.81 bits per heavy atom. The number of rotatable bonds is 7. The van der Waals surface area contributed by atoms with E-state index in [2.05, 4.69) is 5.32 Å². The van der Waals surface area contributed by atoms with Crippen molar-refractivity contribution in [2.45, 2.75) is 65.1 Å². The Morgan fingerprint density at radius 2 is 1.50 bits per heavy atom. The van der Waals surface area contributed by atoms with Gasteiger partial charge in [0.25, 0.3) is 0 Å². The first-order valence-corrected chi connectivity index (χ1v) is 9.84. The van der Waals surface area contributed by atoms with E-state index in [1.54, 1.807) is 20.8 Å². The largest absolute Gasteiger partial charge is 0.631 e. The molecule has 0 saturated heterocycles. The van der Waals surface area contributed by atoms with Gasteiger partial charge in [0.2, 0.25) is 0 Å². The first kappa shape index (κ1) is 31.5. The summed E-state index contributed by atoms with van der Waals surface area (Å²) in [4.78, 5) is 32.8. The van der Waals surface area contributed by atoms with E-state index in [1.165, 1.54) is 0 Å². The smallest absolute Gasteiger partial charge is 0.480 e. The molecule has 0 aliphatic carbocycles. The number of amides is 1. The molecule has 0 fully saturated rings. The molecule has 8 N–H and O–H groups in total. The van der Waals surface area contributed by atoms with Crippen LogP contribution in [0.4, 0.5) is 4.79 Å². The van der Waals surface area contributed by atoms with Crippen molar-refractivity contribution in [1.82, 2.24) is 5.32 Å². The number of carboxylic acids is 2. The summed E-state index contributed by atoms with van der Waals surface area (Å²) >= 11 is 0. The van der Waals surface area contributed by atoms with Gasteiger partial charge in [0.1, 0.15) is 17.7 Å². The average Bonchev–Trinajstić information content (AvgIpc) is 2.59. The topological polar surface area (TPSA) is 200 Å². The van der Waals surface area contributed by atoms with Crippen molar-refractivity contribution in [3.63, 3.8) is 0 Å². The Morgan fingerprint density at radius 1 is 1.03 bits per heavy atom. The summed E-state index contributed by atoms with van der Waals surface area (Å²) in [5.41, 5.74) is 5.40. The number of carbonyl (C=O) groups excluding carboxylic acids is 1. The number of nitrogens with one attached hydrogen (secondary N) is 1. The zero-order chi connectivity index (χ0) is 25.5. The van der Waals surface area contributed by atoms with Crippen LogP contribution in [0, 0.1) is 5.92 Å². The highest BCUT2D eigenvalue weighted by atomic mass is 16.6. The molecule has 0 aliphatic heterocycles. The van der Waals surface area contributed by atoms with Gasteiger partial charge in [-0.2, -0.15) is 0 Å². The van der Waals surface area contributed by atoms with Crippen LogP contribution in [0.25, 0.3) is 0 Å². The highest BCUT2D eigenvalue weighted by molar-refractivity contribution is 6.30. The predicted molar refractivity (Wildman–Crippen MR) is 118 cm³/mol. The molecule has 12 heteroatoms. The third kappa shape index (κ3) is 20.6. The Bertz CT molecular complexity index is 677. The molecule has 0 spiro atoms. The lowest BCUT2D eigenvalue weighted by Crippen LogP contribution is -2.44. The van der Waals surface area contributed by atoms with Gasteiger partial charge in [-0.25, -0.2) is 9.59 Å². The van der Waals surface area contributed by atoms with Crippen LogP contribution in [0.15, 0.2) is 30.3 Å². The molecule has 0 aliphatic rings. The molecule has 2 atom stereocenters. The summed E-state index contributed by atoms with van der Waals surface area (Å²) in [5.74, 6) is -1.64. The lowest BCUT2D eigenvalue weighted by atomic mass is 10.1. The summed E-state index contributed by atoms with van der Waals surface area (Å²) in [6.07, 6.45) is 0.0425. The van der Waals surface area contributed by atoms with Crippen LogP contribution in [0.1, 0.15) is 46.6 Å². The molecule has 0 aromatic heterocycles. The van der Waals surface area contributed by atoms with Crippen molar-refractivity contribution in [2.75, 3.05) is 0 Å². The number of carbonyl (C=O) groups is 3. The highest BCUT2D eigenvalue weighted by Crippen LogP contribution is 2.08. The van der Waals surface area contributed by atoms with Crippen LogP contribution in [0.3, 0.4) is 0 Å². The number of carboxylic acid groups (broad SMARTS) is 2. The average molecular weight is 458 g/mol. The SMILES string of the molecule is CC(C)(C)OC(=O)NC(Cc1ccccc1)C(=O)O.CC(C)CC(N)C(=O)O.OB(O)O. The number of alkyl carbamates (subject to hydrolysis) is 1. The van der Waals surface area contributed by atoms with Gasteiger partial charge in [0.15, 0.2) is 0 Å². The summed E-state index contributed by atoms with van der Waals surface area (Å²) in [6, 6.07) is 7.42. The van der Waals surface area contributed by atoms with E-state index in [9.17, 15) is 14.4 Å². The summed E-state index contributed by atoms with van der Waals surface area (Å²) < 4.78 is 5.04. The molecule has 1 aromatic rings. The second-order valence-corrected chi connectivity index (χ2v) is 8.15. The molecule has 0 bridgehead atoms. The number of ether oxygens (including phenoxy) is 1. The Kier molecular flexibility index (Phi) is 15.8. The van der Waals surface area contributed by atoms with E-state index >= 15 is 0 Å². The van der Waals surface area contributed by atoms with Crippen molar-refractivity contribution in [3.05, 3.63) is 35.9 Å². The zero-order valence-electron chi connectivity index (χ0n) is 19.1. The number of hydrogen-bond donors (Lipinski definition) is 7. The Balaban J connectivity index is 0. The second kappa shape index (κ2) is 16.0. The van der Waals surface area contributed by atoms with Crippen LogP contribution in [0.5, 0.6) is 0 Å². The number of hydrogen-bond acceptors (Lipinski definition) is 8. The third-order valence-corrected chi connectivity index (χ3v) is 3.31. The van der Waals surface area contributed by atoms with Crippen LogP contribution in [-0.2, 0) is 20.7 Å². The minimum Gasteiger partial charge on any atom is -0.480 e. The molecular formula is C20H35BN2O9. The standard InChI is InChI=1S/C14H19NO4.C6H13NO2.BH3O3/c1-14(2,3)19-13(18)15-11(12(16)17)9-10-7-5-4-6-8-10;1-4(2)3-5(7)6(8)9;2-1(3)4/h4-8,11H,9H2,1-3H3,(H,15,18)(H,16,17);4-5H,3,7H2,1-2H3,(H,8,9);2-4H. The summed E-state index contributed by atoms with van der Waals surface area (Å²) in [5, 5.41) is 41.3. The predicted octanol–water partition coefficient (Wildman–Crippen LogP) is 0.600. The molecule has 0 saturated carbocycles. The molecule has 182 valence electrons. The normalized spacial score (nSPS) is 12.2. The highest BCUT2D eigenvalue weighted by Gasteiger charge is 2.24. The summed E-state index contributed by atoms with van der Waals surface area (Å²) in [7, 11) is -2.17. The molecule has 2 unspecified atom stereocenters. The van der Waals surface area contributed by atoms with Crippen molar-refractivity contribution >= 4 is 25.4 Å². The van der Waals surface area contributed by atoms with E-state index in [0.717, 1.165) is 5.56 Å². The Labute approximate surface area is 188 Å². The molecule has 1 rings (SSSR count). The van der Waals surface area contributed by atoms with Crippen molar-refractivity contribution in [3.8, 4) is 0 Å². The fraction of sp³-hybridized carbons (Fsp3) is 0.550. The first-order chi connectivity index (χ1) is 14.5. The first-order valence-electron chi connectivity index (χ1n) is 9.84. The number of nitrogens with two attached hydrogens (primary N) is 1. The molecule has 1 aromatic carbocycles. The molecule has 32 heavy (non-hydrogen) atoms. The molecule has 11 nitrogen and oxygen atoms in total. The van der Waals surface area contributed by atoms with Crippen LogP contribution >= 0.6 is 0 Å². The van der Waals surface area contributed by atoms with Crippen LogP contribution < -0.4 is 11.1 Å². The third-order valence-electron chi connectivity index (χ3n) is 3.31. The van der Waals surface area contributed by atoms with Gasteiger partial charge in [0.05, 0.1) is 0 Å². The van der Waals surface area contributed by atoms with Crippen molar-refractivity contribution < 1.29 is 44.4 Å². The molecular weight excluding hydrogens is 423 g/mol. The van der Waals surface area contributed by atoms with Gasteiger partial charge in [-0.1, -0.05) is 44.2 Å². The van der Waals surface area contributed by atoms with Gasteiger partial charge >= 0.3 is 25.4 Å². The van der Waals surface area contributed by atoms with E-state index in [4.69, 9.17) is 35.8 Å². The van der Waals surface area contributed by atoms with E-state index < -0.39 is 43.0 Å². The zero-order valence-corrected chi connectivity index (χ0v) is 19.1. The van der Waals surface area contributed by atoms with Gasteiger partial charge in [-0.05, 0) is 38.7 Å². The minimum atomic E-state index is -2.17. The van der Waals surface area contributed by atoms with Gasteiger partial charge in [0, 0.05) is 6.42 Å². The molecule has 0 radical (unpaired) electrons. The minimum absolute atomic E-state index is 0.218. The number of benzene rings is 1. The van der Waals surface area contributed by atoms with Crippen LogP contribution in [-0.4, -0.2) is 68.3 Å². The molecule has 0 heterocycles.